The molecule has 3 aromatic rings. The molecule has 0 spiro atoms. The number of aryl methyl sites for hydroxylation is 1. The molecule has 0 bridgehead atoms. The first kappa shape index (κ1) is 23.5. The van der Waals surface area contributed by atoms with E-state index < -0.39 is 0 Å². The normalized spacial score (nSPS) is 13.6. The molecule has 1 aliphatic heterocycles. The number of anilines is 2. The predicted octanol–water partition coefficient (Wildman–Crippen LogP) is 3.86. The van der Waals surface area contributed by atoms with Gasteiger partial charge in [0.15, 0.2) is 17.3 Å². The molecular formula is C25H32N6O3. The summed E-state index contributed by atoms with van der Waals surface area (Å²) in [5.74, 6) is 2.80. The number of nitrogens with zero attached hydrogens (tertiary/aromatic N) is 5. The van der Waals surface area contributed by atoms with Crippen LogP contribution < -0.4 is 19.7 Å². The van der Waals surface area contributed by atoms with Crippen LogP contribution in [0.1, 0.15) is 42.6 Å². The molecule has 0 radical (unpaired) electrons. The third-order valence-electron chi connectivity index (χ3n) is 6.25. The van der Waals surface area contributed by atoms with Gasteiger partial charge in [0.1, 0.15) is 12.1 Å². The van der Waals surface area contributed by atoms with Crippen molar-refractivity contribution in [2.24, 2.45) is 0 Å². The molecule has 1 fully saturated rings. The first-order chi connectivity index (χ1) is 16.5. The number of carbonyl (C=O) groups is 1. The quantitative estimate of drug-likeness (QED) is 0.541. The molecular weight excluding hydrogens is 432 g/mol. The van der Waals surface area contributed by atoms with Gasteiger partial charge in [0.05, 0.1) is 19.9 Å². The van der Waals surface area contributed by atoms with E-state index in [1.165, 1.54) is 19.3 Å². The van der Waals surface area contributed by atoms with E-state index in [1.54, 1.807) is 38.7 Å². The van der Waals surface area contributed by atoms with Gasteiger partial charge < -0.3 is 19.7 Å². The minimum absolute atomic E-state index is 0.0757. The van der Waals surface area contributed by atoms with E-state index >= 15 is 0 Å². The third-order valence-corrected chi connectivity index (χ3v) is 6.25. The second-order valence-electron chi connectivity index (χ2n) is 8.46. The highest BCUT2D eigenvalue weighted by atomic mass is 16.5. The Morgan fingerprint density at radius 2 is 1.74 bits per heavy atom. The average Bonchev–Trinajstić information content (AvgIpc) is 3.16. The number of benzene rings is 1. The summed E-state index contributed by atoms with van der Waals surface area (Å²) in [6.07, 6.45) is 6.18. The van der Waals surface area contributed by atoms with E-state index in [4.69, 9.17) is 14.6 Å². The van der Waals surface area contributed by atoms with Crippen molar-refractivity contribution in [1.29, 1.82) is 0 Å². The largest absolute Gasteiger partial charge is 0.493 e. The summed E-state index contributed by atoms with van der Waals surface area (Å²) < 4.78 is 12.4. The lowest BCUT2D eigenvalue weighted by atomic mass is 10.1. The molecule has 3 heterocycles. The van der Waals surface area contributed by atoms with Crippen molar-refractivity contribution in [3.05, 3.63) is 47.5 Å². The maximum atomic E-state index is 12.6. The lowest BCUT2D eigenvalue weighted by Gasteiger charge is -2.27. The molecule has 1 aliphatic rings. The van der Waals surface area contributed by atoms with Crippen LogP contribution in [0.25, 0.3) is 5.82 Å². The SMILES string of the molecule is COc1ccc(NC(=O)CCc2c(C)nn(-c3cc(N4CCCCC4)ncn3)c2C)cc1OC. The lowest BCUT2D eigenvalue weighted by Crippen LogP contribution is -2.30. The fraction of sp³-hybridized carbons (Fsp3) is 0.440. The minimum atomic E-state index is -0.0757. The Labute approximate surface area is 200 Å². The Morgan fingerprint density at radius 3 is 2.47 bits per heavy atom. The number of rotatable bonds is 8. The van der Waals surface area contributed by atoms with Crippen LogP contribution in [0.4, 0.5) is 11.5 Å². The van der Waals surface area contributed by atoms with Gasteiger partial charge >= 0.3 is 0 Å². The van der Waals surface area contributed by atoms with E-state index in [9.17, 15) is 4.79 Å². The summed E-state index contributed by atoms with van der Waals surface area (Å²) in [6.45, 7) is 6.03. The Morgan fingerprint density at radius 1 is 1.00 bits per heavy atom. The highest BCUT2D eigenvalue weighted by molar-refractivity contribution is 5.91. The molecule has 1 saturated heterocycles. The molecule has 1 amide bonds. The molecule has 1 N–H and O–H groups in total. The van der Waals surface area contributed by atoms with Gasteiger partial charge in [0, 0.05) is 43.0 Å². The zero-order chi connectivity index (χ0) is 24.1. The van der Waals surface area contributed by atoms with Crippen LogP contribution in [-0.4, -0.2) is 53.0 Å². The minimum Gasteiger partial charge on any atom is -0.493 e. The average molecular weight is 465 g/mol. The van der Waals surface area contributed by atoms with E-state index in [0.29, 0.717) is 30.0 Å². The smallest absolute Gasteiger partial charge is 0.224 e. The Bertz CT molecular complexity index is 1150. The topological polar surface area (TPSA) is 94.4 Å². The van der Waals surface area contributed by atoms with Crippen molar-refractivity contribution in [3.63, 3.8) is 0 Å². The molecule has 1 aromatic carbocycles. The third kappa shape index (κ3) is 5.13. The molecule has 0 aliphatic carbocycles. The summed E-state index contributed by atoms with van der Waals surface area (Å²) in [6, 6.07) is 7.31. The number of piperidine rings is 1. The molecule has 180 valence electrons. The van der Waals surface area contributed by atoms with Crippen LogP contribution in [0.15, 0.2) is 30.6 Å². The molecule has 4 rings (SSSR count). The molecule has 34 heavy (non-hydrogen) atoms. The zero-order valence-electron chi connectivity index (χ0n) is 20.3. The van der Waals surface area contributed by atoms with Gasteiger partial charge in [0.2, 0.25) is 5.91 Å². The van der Waals surface area contributed by atoms with Crippen LogP contribution >= 0.6 is 0 Å². The van der Waals surface area contributed by atoms with Gasteiger partial charge in [0.25, 0.3) is 0 Å². The summed E-state index contributed by atoms with van der Waals surface area (Å²) >= 11 is 0. The van der Waals surface area contributed by atoms with E-state index in [0.717, 1.165) is 41.7 Å². The number of hydrogen-bond donors (Lipinski definition) is 1. The fourth-order valence-electron chi connectivity index (χ4n) is 4.38. The molecule has 0 atom stereocenters. The highest BCUT2D eigenvalue weighted by Crippen LogP contribution is 2.30. The zero-order valence-corrected chi connectivity index (χ0v) is 20.3. The van der Waals surface area contributed by atoms with E-state index in [-0.39, 0.29) is 5.91 Å². The molecule has 9 heteroatoms. The first-order valence-electron chi connectivity index (χ1n) is 11.6. The first-order valence-corrected chi connectivity index (χ1v) is 11.6. The fourth-order valence-corrected chi connectivity index (χ4v) is 4.38. The molecule has 2 aromatic heterocycles. The summed E-state index contributed by atoms with van der Waals surface area (Å²) in [5.41, 5.74) is 3.60. The molecule has 0 unspecified atom stereocenters. The Hall–Kier alpha value is -3.62. The van der Waals surface area contributed by atoms with Crippen LogP contribution in [0, 0.1) is 13.8 Å². The van der Waals surface area contributed by atoms with Crippen LogP contribution in [0.3, 0.4) is 0 Å². The number of nitrogens with one attached hydrogen (secondary N) is 1. The van der Waals surface area contributed by atoms with Gasteiger partial charge in [-0.3, -0.25) is 4.79 Å². The summed E-state index contributed by atoms with van der Waals surface area (Å²) in [4.78, 5) is 23.9. The maximum absolute atomic E-state index is 12.6. The maximum Gasteiger partial charge on any atom is 0.224 e. The van der Waals surface area contributed by atoms with Crippen molar-refractivity contribution < 1.29 is 14.3 Å². The number of hydrogen-bond acceptors (Lipinski definition) is 7. The number of methoxy groups -OCH3 is 2. The molecule has 9 nitrogen and oxygen atoms in total. The standard InChI is InChI=1S/C25H32N6O3/c1-17-20(9-11-25(32)28-19-8-10-21(33-3)22(14-19)34-4)18(2)31(29-17)24-15-23(26-16-27-24)30-12-6-5-7-13-30/h8,10,14-16H,5-7,9,11-13H2,1-4H3,(H,28,32). The molecule has 0 saturated carbocycles. The van der Waals surface area contributed by atoms with Crippen LogP contribution in [0.5, 0.6) is 11.5 Å². The Kier molecular flexibility index (Phi) is 7.30. The number of aromatic nitrogens is 4. The predicted molar refractivity (Wildman–Crippen MR) is 131 cm³/mol. The van der Waals surface area contributed by atoms with Crippen molar-refractivity contribution in [3.8, 4) is 17.3 Å². The van der Waals surface area contributed by atoms with Crippen molar-refractivity contribution in [1.82, 2.24) is 19.7 Å². The number of carbonyl (C=O) groups excluding carboxylic acids is 1. The Balaban J connectivity index is 1.44. The van der Waals surface area contributed by atoms with E-state index in [1.807, 2.05) is 24.6 Å². The van der Waals surface area contributed by atoms with Gasteiger partial charge in [-0.15, -0.1) is 0 Å². The highest BCUT2D eigenvalue weighted by Gasteiger charge is 2.18. The monoisotopic (exact) mass is 464 g/mol. The second-order valence-corrected chi connectivity index (χ2v) is 8.46. The number of amides is 1. The van der Waals surface area contributed by atoms with Crippen molar-refractivity contribution >= 4 is 17.4 Å². The van der Waals surface area contributed by atoms with Gasteiger partial charge in [-0.1, -0.05) is 0 Å². The van der Waals surface area contributed by atoms with Crippen molar-refractivity contribution in [2.75, 3.05) is 37.5 Å². The summed E-state index contributed by atoms with van der Waals surface area (Å²) in [7, 11) is 3.15. The number of ether oxygens (including phenoxy) is 2. The lowest BCUT2D eigenvalue weighted by molar-refractivity contribution is -0.116. The van der Waals surface area contributed by atoms with Crippen LogP contribution in [-0.2, 0) is 11.2 Å². The second kappa shape index (κ2) is 10.5. The van der Waals surface area contributed by atoms with Crippen molar-refractivity contribution in [2.45, 2.75) is 46.0 Å². The van der Waals surface area contributed by atoms with Gasteiger partial charge in [-0.2, -0.15) is 5.10 Å². The van der Waals surface area contributed by atoms with E-state index in [2.05, 4.69) is 20.2 Å². The van der Waals surface area contributed by atoms with Crippen LogP contribution in [0.2, 0.25) is 0 Å². The van der Waals surface area contributed by atoms with Gasteiger partial charge in [-0.05, 0) is 57.2 Å². The van der Waals surface area contributed by atoms with Gasteiger partial charge in [-0.25, -0.2) is 14.6 Å². The summed E-state index contributed by atoms with van der Waals surface area (Å²) in [5, 5.41) is 7.65.